The first-order valence-electron chi connectivity index (χ1n) is 19.8. The van der Waals surface area contributed by atoms with E-state index in [1.54, 1.807) is 43.0 Å². The molecular formula is C47H64HfSi4. The van der Waals surface area contributed by atoms with Crippen LogP contribution >= 0.6 is 0 Å². The molecule has 5 heteroatoms. The molecule has 0 bridgehead atoms. The average Bonchev–Trinajstić information content (AvgIpc) is 3.64. The van der Waals surface area contributed by atoms with Gasteiger partial charge in [0.15, 0.2) is 0 Å². The van der Waals surface area contributed by atoms with Gasteiger partial charge in [0.1, 0.15) is 0 Å². The first-order valence-corrected chi connectivity index (χ1v) is 45.2. The first-order chi connectivity index (χ1) is 23.8. The van der Waals surface area contributed by atoms with Gasteiger partial charge in [0.2, 0.25) is 0 Å². The van der Waals surface area contributed by atoms with Crippen molar-refractivity contribution in [3.8, 4) is 22.3 Å². The third-order valence-electron chi connectivity index (χ3n) is 13.0. The standard InChI is InChI=1S/C45H58Si4.2CH3.Hf/c1-45(2,35-21-31-17-15-19-41(43(31)27-35)33-23-37(46(3,4)5)29-38(24-33)47(6,7)8)36-22-32-18-16-20-42(44(32)28-36)34-25-39(48(9,10)11)30-40(26-34)49(12,13)14;;;/h15-30H,1-14H3;2*1H3;. The van der Waals surface area contributed by atoms with E-state index in [4.69, 9.17) is 0 Å². The molecule has 4 aromatic rings. The number of rotatable bonds is 6. The summed E-state index contributed by atoms with van der Waals surface area (Å²) in [5.41, 5.74) is 15.5. The zero-order valence-corrected chi connectivity index (χ0v) is 42.8. The molecule has 1 fully saturated rings. The van der Waals surface area contributed by atoms with Crippen molar-refractivity contribution in [2.45, 2.75) is 109 Å². The van der Waals surface area contributed by atoms with Crippen LogP contribution in [-0.4, -0.2) is 32.3 Å². The van der Waals surface area contributed by atoms with Crippen molar-refractivity contribution in [2.24, 2.45) is 5.41 Å². The molecule has 2 atom stereocenters. The number of hydrogen-bond acceptors (Lipinski definition) is 0. The van der Waals surface area contributed by atoms with Crippen LogP contribution in [0.2, 0.25) is 87.9 Å². The van der Waals surface area contributed by atoms with Gasteiger partial charge in [-0.3, -0.25) is 0 Å². The van der Waals surface area contributed by atoms with Crippen LogP contribution in [-0.2, 0) is 20.0 Å². The SMILES string of the molecule is CC1(C)C2=Cc3c(-c4cc([Si](C)(C)C)cc([Si](C)(C)C)c4)cccc3[CH]2[Hf]([CH3])([CH3])[CH]2C1=Cc1c(-c3cc([Si](C)(C)C)cc([Si](C)(C)C)c3)cccc12. The van der Waals surface area contributed by atoms with Gasteiger partial charge in [0, 0.05) is 0 Å². The molecule has 7 rings (SSSR count). The minimum absolute atomic E-state index is 0.00471. The van der Waals surface area contributed by atoms with Crippen molar-refractivity contribution >= 4 is 65.2 Å². The van der Waals surface area contributed by atoms with Gasteiger partial charge in [0.25, 0.3) is 0 Å². The van der Waals surface area contributed by atoms with Crippen LogP contribution in [0.1, 0.15) is 43.5 Å². The Morgan fingerprint density at radius 2 is 0.769 bits per heavy atom. The summed E-state index contributed by atoms with van der Waals surface area (Å²) in [6.45, 7) is 35.2. The summed E-state index contributed by atoms with van der Waals surface area (Å²) in [7, 11) is -6.00. The monoisotopic (exact) mass is 920 g/mol. The van der Waals surface area contributed by atoms with E-state index in [9.17, 15) is 0 Å². The van der Waals surface area contributed by atoms with Crippen LogP contribution < -0.4 is 20.7 Å². The molecule has 1 saturated heterocycles. The summed E-state index contributed by atoms with van der Waals surface area (Å²) in [6, 6.07) is 30.2. The second-order valence-electron chi connectivity index (χ2n) is 21.7. The number of hydrogen-bond donors (Lipinski definition) is 0. The van der Waals surface area contributed by atoms with Crippen LogP contribution in [0.4, 0.5) is 0 Å². The topological polar surface area (TPSA) is 0 Å². The molecule has 3 aliphatic rings. The molecule has 272 valence electrons. The molecule has 1 aliphatic heterocycles. The Morgan fingerprint density at radius 1 is 0.462 bits per heavy atom. The molecule has 0 nitrogen and oxygen atoms in total. The van der Waals surface area contributed by atoms with Crippen LogP contribution in [0.25, 0.3) is 34.4 Å². The quantitative estimate of drug-likeness (QED) is 0.169. The van der Waals surface area contributed by atoms with Gasteiger partial charge in [0.05, 0.1) is 0 Å². The summed E-state index contributed by atoms with van der Waals surface area (Å²) >= 11 is -3.15. The zero-order chi connectivity index (χ0) is 38.1. The van der Waals surface area contributed by atoms with Crippen molar-refractivity contribution in [1.82, 2.24) is 0 Å². The van der Waals surface area contributed by atoms with Crippen molar-refractivity contribution in [1.29, 1.82) is 0 Å². The minimum atomic E-state index is -3.15. The second-order valence-corrected chi connectivity index (χ2v) is 59.3. The van der Waals surface area contributed by atoms with Crippen molar-refractivity contribution in [3.05, 3.63) is 106 Å². The molecule has 0 amide bonds. The Kier molecular flexibility index (Phi) is 9.08. The average molecular weight is 920 g/mol. The fourth-order valence-electron chi connectivity index (χ4n) is 9.63. The molecule has 52 heavy (non-hydrogen) atoms. The van der Waals surface area contributed by atoms with E-state index in [2.05, 4.69) is 187 Å². The van der Waals surface area contributed by atoms with Crippen molar-refractivity contribution in [2.75, 3.05) is 0 Å². The predicted octanol–water partition coefficient (Wildman–Crippen LogP) is 12.1. The summed E-state index contributed by atoms with van der Waals surface area (Å²) < 4.78 is 6.79. The summed E-state index contributed by atoms with van der Waals surface area (Å²) in [4.78, 5) is 0. The predicted molar refractivity (Wildman–Crippen MR) is 243 cm³/mol. The molecule has 4 aromatic carbocycles. The molecule has 0 saturated carbocycles. The molecule has 0 radical (unpaired) electrons. The Hall–Kier alpha value is -1.90. The van der Waals surface area contributed by atoms with Crippen LogP contribution in [0, 0.1) is 5.41 Å². The Balaban J connectivity index is 1.41. The normalized spacial score (nSPS) is 20.5. The fraction of sp³-hybridized carbons (Fsp3) is 0.404. The van der Waals surface area contributed by atoms with Crippen LogP contribution in [0.15, 0.2) is 83.9 Å². The number of benzene rings is 4. The van der Waals surface area contributed by atoms with E-state index in [0.29, 0.717) is 7.35 Å². The number of allylic oxidation sites excluding steroid dienone is 2. The maximum atomic E-state index is 2.80. The van der Waals surface area contributed by atoms with Crippen LogP contribution in [0.3, 0.4) is 0 Å². The molecule has 1 heterocycles. The molecule has 2 aliphatic carbocycles. The van der Waals surface area contributed by atoms with E-state index in [1.807, 2.05) is 0 Å². The molecule has 0 spiro atoms. The van der Waals surface area contributed by atoms with Crippen molar-refractivity contribution < 1.29 is 20.0 Å². The second kappa shape index (κ2) is 12.3. The third kappa shape index (κ3) is 6.30. The summed E-state index contributed by atoms with van der Waals surface area (Å²) in [5.74, 6) is 0. The number of fused-ring (bicyclic) bond motifs is 6. The Labute approximate surface area is 325 Å². The molecule has 2 unspecified atom stereocenters. The van der Waals surface area contributed by atoms with E-state index in [1.165, 1.54) is 33.4 Å². The van der Waals surface area contributed by atoms with Gasteiger partial charge in [-0.2, -0.15) is 0 Å². The Morgan fingerprint density at radius 3 is 1.06 bits per heavy atom. The van der Waals surface area contributed by atoms with Crippen molar-refractivity contribution in [3.63, 3.8) is 0 Å². The third-order valence-corrected chi connectivity index (χ3v) is 36.3. The van der Waals surface area contributed by atoms with E-state index >= 15 is 0 Å². The van der Waals surface area contributed by atoms with Gasteiger partial charge in [-0.1, -0.05) is 0 Å². The van der Waals surface area contributed by atoms with Gasteiger partial charge >= 0.3 is 328 Å². The summed E-state index contributed by atoms with van der Waals surface area (Å²) in [5, 5.41) is 6.40. The Bertz CT molecular complexity index is 1970. The van der Waals surface area contributed by atoms with Gasteiger partial charge in [-0.25, -0.2) is 0 Å². The summed E-state index contributed by atoms with van der Waals surface area (Å²) in [6.07, 6.45) is 5.40. The fourth-order valence-corrected chi connectivity index (χ4v) is 32.3. The van der Waals surface area contributed by atoms with Crippen LogP contribution in [0.5, 0.6) is 0 Å². The maximum absolute atomic E-state index is 3.15. The molecular weight excluding hydrogens is 855 g/mol. The van der Waals surface area contributed by atoms with Gasteiger partial charge < -0.3 is 0 Å². The van der Waals surface area contributed by atoms with Gasteiger partial charge in [-0.15, -0.1) is 0 Å². The van der Waals surface area contributed by atoms with E-state index in [0.717, 1.165) is 0 Å². The van der Waals surface area contributed by atoms with E-state index in [-0.39, 0.29) is 5.41 Å². The van der Waals surface area contributed by atoms with E-state index < -0.39 is 52.3 Å². The molecule has 0 N–H and O–H groups in total. The van der Waals surface area contributed by atoms with Gasteiger partial charge in [-0.05, 0) is 0 Å². The molecule has 0 aromatic heterocycles. The first kappa shape index (κ1) is 38.4. The zero-order valence-electron chi connectivity index (χ0n) is 35.2.